The van der Waals surface area contributed by atoms with Crippen LogP contribution in [0.2, 0.25) is 4.34 Å². The van der Waals surface area contributed by atoms with E-state index >= 15 is 0 Å². The Hall–Kier alpha value is 0.650. The SMILES string of the molecule is NC(Cc1ccc(Cl)s1)C1CSCCS1. The third-order valence-corrected chi connectivity index (χ3v) is 6.58. The summed E-state index contributed by atoms with van der Waals surface area (Å²) in [6, 6.07) is 4.32. The summed E-state index contributed by atoms with van der Waals surface area (Å²) in [4.78, 5) is 1.31. The van der Waals surface area contributed by atoms with Gasteiger partial charge in [-0.2, -0.15) is 23.5 Å². The monoisotopic (exact) mass is 279 g/mol. The van der Waals surface area contributed by atoms with Gasteiger partial charge in [-0.1, -0.05) is 11.6 Å². The molecule has 0 bridgehead atoms. The van der Waals surface area contributed by atoms with Gasteiger partial charge in [0.1, 0.15) is 0 Å². The average molecular weight is 280 g/mol. The van der Waals surface area contributed by atoms with Crippen LogP contribution in [0.3, 0.4) is 0 Å². The molecule has 0 radical (unpaired) electrons. The largest absolute Gasteiger partial charge is 0.326 e. The Morgan fingerprint density at radius 3 is 2.93 bits per heavy atom. The molecule has 0 aliphatic carbocycles. The van der Waals surface area contributed by atoms with E-state index in [1.54, 1.807) is 11.3 Å². The van der Waals surface area contributed by atoms with Crippen LogP contribution >= 0.6 is 46.5 Å². The van der Waals surface area contributed by atoms with Crippen LogP contribution < -0.4 is 5.73 Å². The van der Waals surface area contributed by atoms with Gasteiger partial charge >= 0.3 is 0 Å². The van der Waals surface area contributed by atoms with Gasteiger partial charge in [0.2, 0.25) is 0 Å². The molecule has 5 heteroatoms. The molecule has 1 nitrogen and oxygen atoms in total. The molecule has 0 saturated carbocycles. The molecule has 2 rings (SSSR count). The van der Waals surface area contributed by atoms with E-state index in [2.05, 4.69) is 6.07 Å². The van der Waals surface area contributed by atoms with Crippen molar-refractivity contribution in [1.82, 2.24) is 0 Å². The van der Waals surface area contributed by atoms with Crippen molar-refractivity contribution in [2.75, 3.05) is 17.3 Å². The van der Waals surface area contributed by atoms with Gasteiger partial charge < -0.3 is 5.73 Å². The number of hydrogen-bond donors (Lipinski definition) is 1. The minimum Gasteiger partial charge on any atom is -0.326 e. The molecular formula is C10H14ClNS3. The molecule has 1 saturated heterocycles. The van der Waals surface area contributed by atoms with Gasteiger partial charge in [-0.05, 0) is 18.6 Å². The molecule has 1 fully saturated rings. The summed E-state index contributed by atoms with van der Waals surface area (Å²) in [5.41, 5.74) is 6.22. The van der Waals surface area contributed by atoms with Crippen LogP contribution in [0.15, 0.2) is 12.1 Å². The quantitative estimate of drug-likeness (QED) is 0.921. The summed E-state index contributed by atoms with van der Waals surface area (Å²) in [6.45, 7) is 0. The lowest BCUT2D eigenvalue weighted by Gasteiger charge is -2.26. The smallest absolute Gasteiger partial charge is 0.0931 e. The predicted molar refractivity (Wildman–Crippen MR) is 74.6 cm³/mol. The van der Waals surface area contributed by atoms with Crippen LogP contribution in [0.25, 0.3) is 0 Å². The van der Waals surface area contributed by atoms with E-state index < -0.39 is 0 Å². The first-order chi connectivity index (χ1) is 7.25. The van der Waals surface area contributed by atoms with Gasteiger partial charge in [-0.3, -0.25) is 0 Å². The standard InChI is InChI=1S/C10H14ClNS3/c11-10-2-1-7(15-10)5-8(12)9-6-13-3-4-14-9/h1-2,8-9H,3-6,12H2. The Labute approximate surface area is 108 Å². The maximum absolute atomic E-state index is 6.22. The summed E-state index contributed by atoms with van der Waals surface area (Å²) in [5, 5.41) is 0.615. The highest BCUT2D eigenvalue weighted by molar-refractivity contribution is 8.06. The van der Waals surface area contributed by atoms with Crippen molar-refractivity contribution >= 4 is 46.5 Å². The van der Waals surface area contributed by atoms with E-state index in [1.165, 1.54) is 22.1 Å². The zero-order chi connectivity index (χ0) is 10.7. The zero-order valence-electron chi connectivity index (χ0n) is 8.32. The van der Waals surface area contributed by atoms with Crippen molar-refractivity contribution in [1.29, 1.82) is 0 Å². The van der Waals surface area contributed by atoms with Gasteiger partial charge in [0.05, 0.1) is 4.34 Å². The number of hydrogen-bond acceptors (Lipinski definition) is 4. The van der Waals surface area contributed by atoms with Crippen molar-refractivity contribution in [2.45, 2.75) is 17.7 Å². The molecule has 2 N–H and O–H groups in total. The highest BCUT2D eigenvalue weighted by atomic mass is 35.5. The number of halogens is 1. The Morgan fingerprint density at radius 1 is 1.47 bits per heavy atom. The molecule has 0 aromatic carbocycles. The second kappa shape index (κ2) is 5.82. The normalized spacial score (nSPS) is 24.0. The fourth-order valence-corrected chi connectivity index (χ4v) is 5.56. The molecular weight excluding hydrogens is 266 g/mol. The van der Waals surface area contributed by atoms with E-state index in [4.69, 9.17) is 17.3 Å². The lowest BCUT2D eigenvalue weighted by atomic mass is 10.1. The lowest BCUT2D eigenvalue weighted by Crippen LogP contribution is -2.37. The first-order valence-corrected chi connectivity index (χ1v) is 8.34. The highest BCUT2D eigenvalue weighted by Gasteiger charge is 2.21. The number of nitrogens with two attached hydrogens (primary N) is 1. The molecule has 1 aromatic rings. The molecule has 2 heterocycles. The van der Waals surface area contributed by atoms with E-state index in [1.807, 2.05) is 29.6 Å². The van der Waals surface area contributed by atoms with Crippen LogP contribution in [-0.2, 0) is 6.42 Å². The summed E-state index contributed by atoms with van der Waals surface area (Å²) in [7, 11) is 0. The summed E-state index contributed by atoms with van der Waals surface area (Å²) in [5.74, 6) is 3.72. The maximum Gasteiger partial charge on any atom is 0.0931 e. The number of rotatable bonds is 3. The minimum atomic E-state index is 0.275. The van der Waals surface area contributed by atoms with Gasteiger partial charge in [-0.15, -0.1) is 11.3 Å². The van der Waals surface area contributed by atoms with Crippen LogP contribution in [0.1, 0.15) is 4.88 Å². The van der Waals surface area contributed by atoms with E-state index in [-0.39, 0.29) is 6.04 Å². The number of thioether (sulfide) groups is 2. The molecule has 0 spiro atoms. The summed E-state index contributed by atoms with van der Waals surface area (Å²) < 4.78 is 0.864. The maximum atomic E-state index is 6.22. The topological polar surface area (TPSA) is 26.0 Å². The predicted octanol–water partition coefficient (Wildman–Crippen LogP) is 3.12. The minimum absolute atomic E-state index is 0.275. The van der Waals surface area contributed by atoms with Crippen LogP contribution in [0.4, 0.5) is 0 Å². The molecule has 2 unspecified atom stereocenters. The van der Waals surface area contributed by atoms with Crippen LogP contribution in [-0.4, -0.2) is 28.6 Å². The van der Waals surface area contributed by atoms with Crippen molar-refractivity contribution in [2.24, 2.45) is 5.73 Å². The van der Waals surface area contributed by atoms with Gasteiger partial charge in [0.25, 0.3) is 0 Å². The molecule has 15 heavy (non-hydrogen) atoms. The van der Waals surface area contributed by atoms with Crippen molar-refractivity contribution in [3.63, 3.8) is 0 Å². The first kappa shape index (κ1) is 12.1. The van der Waals surface area contributed by atoms with Crippen LogP contribution in [0.5, 0.6) is 0 Å². The molecule has 1 aromatic heterocycles. The summed E-state index contributed by atoms with van der Waals surface area (Å²) >= 11 is 11.6. The fraction of sp³-hybridized carbons (Fsp3) is 0.600. The Bertz CT molecular complexity index is 309. The van der Waals surface area contributed by atoms with E-state index in [0.29, 0.717) is 5.25 Å². The Balaban J connectivity index is 1.88. The Kier molecular flexibility index (Phi) is 4.70. The van der Waals surface area contributed by atoms with Crippen molar-refractivity contribution in [3.05, 3.63) is 21.3 Å². The lowest BCUT2D eigenvalue weighted by molar-refractivity contribution is 0.670. The zero-order valence-corrected chi connectivity index (χ0v) is 11.5. The summed E-state index contributed by atoms with van der Waals surface area (Å²) in [6.07, 6.45) is 0.968. The van der Waals surface area contributed by atoms with E-state index in [0.717, 1.165) is 10.8 Å². The second-order valence-corrected chi connectivity index (χ2v) is 7.85. The van der Waals surface area contributed by atoms with Gasteiger partial charge in [-0.25, -0.2) is 0 Å². The molecule has 84 valence electrons. The van der Waals surface area contributed by atoms with Gasteiger partial charge in [0, 0.05) is 33.4 Å². The second-order valence-electron chi connectivity index (χ2n) is 3.56. The Morgan fingerprint density at radius 2 is 2.33 bits per heavy atom. The van der Waals surface area contributed by atoms with Gasteiger partial charge in [0.15, 0.2) is 0 Å². The van der Waals surface area contributed by atoms with Crippen molar-refractivity contribution in [3.8, 4) is 0 Å². The average Bonchev–Trinajstić information content (AvgIpc) is 2.65. The molecule has 1 aliphatic rings. The van der Waals surface area contributed by atoms with Crippen LogP contribution in [0, 0.1) is 0 Å². The molecule has 1 aliphatic heterocycles. The van der Waals surface area contributed by atoms with E-state index in [9.17, 15) is 0 Å². The third-order valence-electron chi connectivity index (χ3n) is 2.39. The molecule has 2 atom stereocenters. The third kappa shape index (κ3) is 3.56. The first-order valence-electron chi connectivity index (χ1n) is 4.95. The van der Waals surface area contributed by atoms with Crippen molar-refractivity contribution < 1.29 is 0 Å². The number of thiophene rings is 1. The highest BCUT2D eigenvalue weighted by Crippen LogP contribution is 2.29. The molecule has 0 amide bonds. The fourth-order valence-electron chi connectivity index (χ4n) is 1.58.